The highest BCUT2D eigenvalue weighted by Gasteiger charge is 2.31. The molecule has 1 unspecified atom stereocenters. The number of nitrogens with zero attached hydrogens (tertiary/aromatic N) is 6. The standard InChI is InChI=1S/C26H36N8O2S/c1-17(2)21-12-30-25(34-14-18(15-34)16-37(4,27)35)22-13-29-24(11-20(21)22)31-23-5-8-28-26(32-23)33-9-6-19(36-3)7-10-33/h5,8,11-13,17-19,27H,6-7,9-10,14-16H2,1-4H3,(H,28,29,31,32). The minimum absolute atomic E-state index is 0.262. The van der Waals surface area contributed by atoms with Crippen molar-refractivity contribution in [3.63, 3.8) is 0 Å². The van der Waals surface area contributed by atoms with Crippen molar-refractivity contribution in [2.75, 3.05) is 60.4 Å². The van der Waals surface area contributed by atoms with Crippen molar-refractivity contribution in [2.24, 2.45) is 5.92 Å². The zero-order valence-corrected chi connectivity index (χ0v) is 22.8. The maximum Gasteiger partial charge on any atom is 0.227 e. The Morgan fingerprint density at radius 1 is 1.11 bits per heavy atom. The van der Waals surface area contributed by atoms with Crippen LogP contribution in [0.15, 0.2) is 30.7 Å². The van der Waals surface area contributed by atoms with Crippen LogP contribution in [-0.4, -0.2) is 75.5 Å². The number of piperidine rings is 1. The van der Waals surface area contributed by atoms with E-state index in [-0.39, 0.29) is 5.92 Å². The summed E-state index contributed by atoms with van der Waals surface area (Å²) in [4.78, 5) is 23.1. The Hall–Kier alpha value is -3.05. The van der Waals surface area contributed by atoms with Crippen LogP contribution < -0.4 is 15.1 Å². The van der Waals surface area contributed by atoms with Gasteiger partial charge >= 0.3 is 0 Å². The van der Waals surface area contributed by atoms with E-state index in [0.717, 1.165) is 67.0 Å². The largest absolute Gasteiger partial charge is 0.381 e. The van der Waals surface area contributed by atoms with Gasteiger partial charge in [0.25, 0.3) is 0 Å². The first-order valence-electron chi connectivity index (χ1n) is 12.8. The molecule has 0 saturated carbocycles. The molecular formula is C26H36N8O2S. The van der Waals surface area contributed by atoms with E-state index in [1.165, 1.54) is 6.26 Å². The van der Waals surface area contributed by atoms with Crippen LogP contribution in [0.3, 0.4) is 0 Å². The Morgan fingerprint density at radius 3 is 2.54 bits per heavy atom. The average molecular weight is 525 g/mol. The topological polar surface area (TPSA) is 120 Å². The normalized spacial score (nSPS) is 18.7. The summed E-state index contributed by atoms with van der Waals surface area (Å²) < 4.78 is 25.1. The third kappa shape index (κ3) is 5.77. The third-order valence-electron chi connectivity index (χ3n) is 7.17. The van der Waals surface area contributed by atoms with Gasteiger partial charge in [-0.25, -0.2) is 15.0 Å². The molecule has 0 spiro atoms. The lowest BCUT2D eigenvalue weighted by Gasteiger charge is -2.40. The fraction of sp³-hybridized carbons (Fsp3) is 0.538. The number of anilines is 4. The van der Waals surface area contributed by atoms with Crippen LogP contribution in [0.1, 0.15) is 38.2 Å². The van der Waals surface area contributed by atoms with Crippen molar-refractivity contribution in [1.82, 2.24) is 19.9 Å². The lowest BCUT2D eigenvalue weighted by atomic mass is 9.97. The number of aromatic nitrogens is 4. The van der Waals surface area contributed by atoms with Gasteiger partial charge in [0, 0.05) is 84.9 Å². The molecule has 0 radical (unpaired) electrons. The summed E-state index contributed by atoms with van der Waals surface area (Å²) in [7, 11) is -0.717. The van der Waals surface area contributed by atoms with E-state index in [9.17, 15) is 4.21 Å². The molecule has 11 heteroatoms. The zero-order valence-electron chi connectivity index (χ0n) is 22.0. The summed E-state index contributed by atoms with van der Waals surface area (Å²) in [6.45, 7) is 7.60. The first-order valence-corrected chi connectivity index (χ1v) is 15.0. The molecule has 2 fully saturated rings. The van der Waals surface area contributed by atoms with Gasteiger partial charge in [-0.1, -0.05) is 13.8 Å². The number of pyridine rings is 2. The highest BCUT2D eigenvalue weighted by molar-refractivity contribution is 7.91. The molecule has 2 saturated heterocycles. The lowest BCUT2D eigenvalue weighted by molar-refractivity contribution is 0.0816. The molecule has 10 nitrogen and oxygen atoms in total. The summed E-state index contributed by atoms with van der Waals surface area (Å²) in [5, 5.41) is 5.48. The van der Waals surface area contributed by atoms with Gasteiger partial charge in [0.1, 0.15) is 17.5 Å². The third-order valence-corrected chi connectivity index (χ3v) is 8.28. The quantitative estimate of drug-likeness (QED) is 0.450. The number of hydrogen-bond acceptors (Lipinski definition) is 10. The Labute approximate surface area is 218 Å². The second kappa shape index (κ2) is 10.4. The average Bonchev–Trinajstić information content (AvgIpc) is 2.85. The predicted octanol–water partition coefficient (Wildman–Crippen LogP) is 4.01. The zero-order chi connectivity index (χ0) is 26.2. The first-order chi connectivity index (χ1) is 17.7. The summed E-state index contributed by atoms with van der Waals surface area (Å²) >= 11 is 0. The monoisotopic (exact) mass is 524 g/mol. The van der Waals surface area contributed by atoms with Crippen molar-refractivity contribution >= 4 is 43.9 Å². The van der Waals surface area contributed by atoms with Crippen molar-refractivity contribution in [1.29, 1.82) is 4.78 Å². The molecule has 3 aromatic heterocycles. The fourth-order valence-corrected chi connectivity index (χ4v) is 6.32. The Bertz CT molecular complexity index is 1370. The van der Waals surface area contributed by atoms with Crippen LogP contribution in [0, 0.1) is 10.7 Å². The van der Waals surface area contributed by atoms with Crippen LogP contribution in [0.4, 0.5) is 23.4 Å². The van der Waals surface area contributed by atoms with Gasteiger partial charge in [0.05, 0.1) is 6.10 Å². The second-order valence-electron chi connectivity index (χ2n) is 10.5. The van der Waals surface area contributed by atoms with Crippen molar-refractivity contribution < 1.29 is 8.95 Å². The van der Waals surface area contributed by atoms with E-state index >= 15 is 0 Å². The fourth-order valence-electron chi connectivity index (χ4n) is 5.21. The summed E-state index contributed by atoms with van der Waals surface area (Å²) in [5.74, 6) is 4.03. The minimum atomic E-state index is -2.49. The van der Waals surface area contributed by atoms with Gasteiger partial charge < -0.3 is 19.9 Å². The highest BCUT2D eigenvalue weighted by atomic mass is 32.2. The SMILES string of the molecule is COC1CCN(c2nccc(Nc3cc4c(C(C)C)cnc(N5CC(CS(C)(=N)=O)C5)c4cn3)n2)CC1. The van der Waals surface area contributed by atoms with Crippen molar-refractivity contribution in [2.45, 2.75) is 38.7 Å². The highest BCUT2D eigenvalue weighted by Crippen LogP contribution is 2.35. The van der Waals surface area contributed by atoms with Gasteiger partial charge in [-0.05, 0) is 41.8 Å². The van der Waals surface area contributed by atoms with E-state index < -0.39 is 9.73 Å². The molecular weight excluding hydrogens is 488 g/mol. The molecule has 5 rings (SSSR count). The minimum Gasteiger partial charge on any atom is -0.381 e. The van der Waals surface area contributed by atoms with Crippen LogP contribution >= 0.6 is 0 Å². The van der Waals surface area contributed by atoms with Crippen LogP contribution in [0.25, 0.3) is 10.8 Å². The van der Waals surface area contributed by atoms with Crippen LogP contribution in [0.2, 0.25) is 0 Å². The van der Waals surface area contributed by atoms with Gasteiger partial charge in [0.15, 0.2) is 0 Å². The Balaban J connectivity index is 1.37. The lowest BCUT2D eigenvalue weighted by Crippen LogP contribution is -2.49. The van der Waals surface area contributed by atoms with E-state index in [1.807, 2.05) is 18.5 Å². The number of methoxy groups -OCH3 is 1. The molecule has 0 bridgehead atoms. The van der Waals surface area contributed by atoms with Gasteiger partial charge in [-0.3, -0.25) is 8.99 Å². The summed E-state index contributed by atoms with van der Waals surface area (Å²) in [5.41, 5.74) is 1.16. The molecule has 198 valence electrons. The maximum atomic E-state index is 11.9. The Morgan fingerprint density at radius 2 is 1.86 bits per heavy atom. The van der Waals surface area contributed by atoms with Gasteiger partial charge in [-0.15, -0.1) is 0 Å². The molecule has 2 N–H and O–H groups in total. The van der Waals surface area contributed by atoms with Crippen molar-refractivity contribution in [3.8, 4) is 0 Å². The summed E-state index contributed by atoms with van der Waals surface area (Å²) in [6.07, 6.45) is 9.38. The van der Waals surface area contributed by atoms with Crippen LogP contribution in [-0.2, 0) is 14.5 Å². The Kier molecular flexibility index (Phi) is 7.17. The number of hydrogen-bond donors (Lipinski definition) is 2. The van der Waals surface area contributed by atoms with Gasteiger partial charge in [0.2, 0.25) is 5.95 Å². The maximum absolute atomic E-state index is 11.9. The molecule has 0 amide bonds. The van der Waals surface area contributed by atoms with E-state index in [2.05, 4.69) is 40.0 Å². The molecule has 37 heavy (non-hydrogen) atoms. The van der Waals surface area contributed by atoms with Crippen molar-refractivity contribution in [3.05, 3.63) is 36.3 Å². The van der Waals surface area contributed by atoms with Gasteiger partial charge in [-0.2, -0.15) is 4.98 Å². The van der Waals surface area contributed by atoms with Crippen LogP contribution in [0.5, 0.6) is 0 Å². The van der Waals surface area contributed by atoms with E-state index in [1.54, 1.807) is 13.3 Å². The number of rotatable bonds is 8. The molecule has 2 aliphatic rings. The first kappa shape index (κ1) is 25.6. The molecule has 5 heterocycles. The number of ether oxygens (including phenoxy) is 1. The predicted molar refractivity (Wildman–Crippen MR) is 149 cm³/mol. The molecule has 0 aliphatic carbocycles. The summed E-state index contributed by atoms with van der Waals surface area (Å²) in [6, 6.07) is 3.93. The molecule has 2 aliphatic heterocycles. The molecule has 3 aromatic rings. The van der Waals surface area contributed by atoms with E-state index in [0.29, 0.717) is 29.5 Å². The number of nitrogens with one attached hydrogen (secondary N) is 2. The molecule has 0 aromatic carbocycles. The number of fused-ring (bicyclic) bond motifs is 1. The molecule has 1 atom stereocenters. The second-order valence-corrected chi connectivity index (χ2v) is 12.9. The van der Waals surface area contributed by atoms with E-state index in [4.69, 9.17) is 24.5 Å². The smallest absolute Gasteiger partial charge is 0.227 e.